The predicted molar refractivity (Wildman–Crippen MR) is 83.2 cm³/mol. The number of aromatic nitrogens is 2. The molecule has 0 aliphatic heterocycles. The fourth-order valence-electron chi connectivity index (χ4n) is 2.46. The van der Waals surface area contributed by atoms with Crippen molar-refractivity contribution in [2.45, 2.75) is 39.2 Å². The fourth-order valence-corrected chi connectivity index (χ4v) is 3.24. The molecule has 0 atom stereocenters. The summed E-state index contributed by atoms with van der Waals surface area (Å²) in [4.78, 5) is 10.2. The van der Waals surface area contributed by atoms with Crippen molar-refractivity contribution in [3.8, 4) is 0 Å². The van der Waals surface area contributed by atoms with Gasteiger partial charge in [0.05, 0.1) is 5.39 Å². The van der Waals surface area contributed by atoms with Gasteiger partial charge in [-0.1, -0.05) is 19.3 Å². The standard InChI is InChI=1S/C15H21N3OS/c1-2-16-14-12-7-9-20-15(12)18-13(17-14)10-19-8-6-11-4-3-5-11/h7,9,11H,2-6,8,10H2,1H3,(H,16,17,18). The van der Waals surface area contributed by atoms with E-state index in [9.17, 15) is 0 Å². The Kier molecular flexibility index (Phi) is 4.47. The lowest BCUT2D eigenvalue weighted by molar-refractivity contribution is 0.0909. The normalized spacial score (nSPS) is 15.4. The van der Waals surface area contributed by atoms with Gasteiger partial charge in [-0.2, -0.15) is 0 Å². The van der Waals surface area contributed by atoms with E-state index in [1.54, 1.807) is 11.3 Å². The molecule has 0 bridgehead atoms. The first-order valence-electron chi connectivity index (χ1n) is 7.42. The van der Waals surface area contributed by atoms with Crippen LogP contribution in [0, 0.1) is 5.92 Å². The number of rotatable bonds is 7. The maximum Gasteiger partial charge on any atom is 0.158 e. The minimum Gasteiger partial charge on any atom is -0.373 e. The second-order valence-electron chi connectivity index (χ2n) is 5.30. The van der Waals surface area contributed by atoms with E-state index < -0.39 is 0 Å². The Morgan fingerprint density at radius 3 is 3.05 bits per heavy atom. The molecule has 1 fully saturated rings. The number of fused-ring (bicyclic) bond motifs is 1. The maximum atomic E-state index is 5.74. The van der Waals surface area contributed by atoms with Gasteiger partial charge in [0.25, 0.3) is 0 Å². The van der Waals surface area contributed by atoms with Crippen LogP contribution in [-0.4, -0.2) is 23.1 Å². The molecule has 5 heteroatoms. The number of nitrogens with one attached hydrogen (secondary N) is 1. The lowest BCUT2D eigenvalue weighted by atomic mass is 9.83. The van der Waals surface area contributed by atoms with E-state index in [0.717, 1.165) is 40.9 Å². The molecule has 1 N–H and O–H groups in total. The first kappa shape index (κ1) is 13.8. The Morgan fingerprint density at radius 1 is 1.40 bits per heavy atom. The Labute approximate surface area is 123 Å². The van der Waals surface area contributed by atoms with Gasteiger partial charge in [-0.25, -0.2) is 9.97 Å². The van der Waals surface area contributed by atoms with E-state index in [-0.39, 0.29) is 0 Å². The molecular formula is C15H21N3OS. The molecular weight excluding hydrogens is 270 g/mol. The van der Waals surface area contributed by atoms with Crippen LogP contribution in [0.25, 0.3) is 10.2 Å². The SMILES string of the molecule is CCNc1nc(COCCC2CCC2)nc2sccc12. The number of anilines is 1. The molecule has 20 heavy (non-hydrogen) atoms. The van der Waals surface area contributed by atoms with Crippen molar-refractivity contribution in [1.82, 2.24) is 9.97 Å². The number of thiophene rings is 1. The van der Waals surface area contributed by atoms with E-state index in [0.29, 0.717) is 6.61 Å². The second kappa shape index (κ2) is 6.50. The lowest BCUT2D eigenvalue weighted by Gasteiger charge is -2.24. The van der Waals surface area contributed by atoms with E-state index >= 15 is 0 Å². The summed E-state index contributed by atoms with van der Waals surface area (Å²) in [5.74, 6) is 2.61. The van der Waals surface area contributed by atoms with Crippen molar-refractivity contribution in [3.63, 3.8) is 0 Å². The molecule has 0 spiro atoms. The molecule has 0 unspecified atom stereocenters. The summed E-state index contributed by atoms with van der Waals surface area (Å²) >= 11 is 1.65. The van der Waals surface area contributed by atoms with Gasteiger partial charge in [-0.3, -0.25) is 0 Å². The van der Waals surface area contributed by atoms with Crippen LogP contribution >= 0.6 is 11.3 Å². The van der Waals surface area contributed by atoms with Crippen LogP contribution in [0.3, 0.4) is 0 Å². The zero-order valence-corrected chi connectivity index (χ0v) is 12.7. The van der Waals surface area contributed by atoms with E-state index in [1.807, 2.05) is 0 Å². The van der Waals surface area contributed by atoms with Gasteiger partial charge < -0.3 is 10.1 Å². The third kappa shape index (κ3) is 3.10. The zero-order valence-electron chi connectivity index (χ0n) is 11.9. The number of hydrogen-bond donors (Lipinski definition) is 1. The summed E-state index contributed by atoms with van der Waals surface area (Å²) < 4.78 is 5.74. The molecule has 1 aliphatic carbocycles. The molecule has 0 aromatic carbocycles. The van der Waals surface area contributed by atoms with Crippen molar-refractivity contribution >= 4 is 27.4 Å². The van der Waals surface area contributed by atoms with Crippen LogP contribution in [0.4, 0.5) is 5.82 Å². The highest BCUT2D eigenvalue weighted by Gasteiger charge is 2.16. The number of hydrogen-bond acceptors (Lipinski definition) is 5. The van der Waals surface area contributed by atoms with E-state index in [1.165, 1.54) is 25.7 Å². The van der Waals surface area contributed by atoms with Crippen molar-refractivity contribution in [2.24, 2.45) is 5.92 Å². The van der Waals surface area contributed by atoms with Gasteiger partial charge in [0, 0.05) is 13.2 Å². The second-order valence-corrected chi connectivity index (χ2v) is 6.19. The number of nitrogens with zero attached hydrogens (tertiary/aromatic N) is 2. The minimum atomic E-state index is 0.513. The summed E-state index contributed by atoms with van der Waals surface area (Å²) in [5.41, 5.74) is 0. The molecule has 2 aromatic rings. The Balaban J connectivity index is 1.61. The summed E-state index contributed by atoms with van der Waals surface area (Å²) in [6, 6.07) is 2.07. The first-order chi connectivity index (χ1) is 9.86. The molecule has 0 radical (unpaired) electrons. The van der Waals surface area contributed by atoms with Crippen molar-refractivity contribution in [3.05, 3.63) is 17.3 Å². The summed E-state index contributed by atoms with van der Waals surface area (Å²) in [5, 5.41) is 6.47. The largest absolute Gasteiger partial charge is 0.373 e. The lowest BCUT2D eigenvalue weighted by Crippen LogP contribution is -2.13. The average Bonchev–Trinajstić information content (AvgIpc) is 2.85. The third-order valence-electron chi connectivity index (χ3n) is 3.84. The predicted octanol–water partition coefficient (Wildman–Crippen LogP) is 3.83. The Hall–Kier alpha value is -1.20. The highest BCUT2D eigenvalue weighted by atomic mass is 32.1. The third-order valence-corrected chi connectivity index (χ3v) is 4.65. The summed E-state index contributed by atoms with van der Waals surface area (Å²) in [6.07, 6.45) is 5.34. The minimum absolute atomic E-state index is 0.513. The molecule has 0 amide bonds. The molecule has 0 saturated heterocycles. The van der Waals surface area contributed by atoms with Crippen LogP contribution in [-0.2, 0) is 11.3 Å². The van der Waals surface area contributed by atoms with Crippen molar-refractivity contribution in [2.75, 3.05) is 18.5 Å². The monoisotopic (exact) mass is 291 g/mol. The summed E-state index contributed by atoms with van der Waals surface area (Å²) in [7, 11) is 0. The molecule has 1 aliphatic rings. The highest BCUT2D eigenvalue weighted by Crippen LogP contribution is 2.29. The van der Waals surface area contributed by atoms with Gasteiger partial charge in [0.2, 0.25) is 0 Å². The quantitative estimate of drug-likeness (QED) is 0.788. The fraction of sp³-hybridized carbons (Fsp3) is 0.600. The molecule has 1 saturated carbocycles. The van der Waals surface area contributed by atoms with E-state index in [4.69, 9.17) is 4.74 Å². The van der Waals surface area contributed by atoms with Gasteiger partial charge in [-0.15, -0.1) is 11.3 Å². The highest BCUT2D eigenvalue weighted by molar-refractivity contribution is 7.16. The van der Waals surface area contributed by atoms with Crippen molar-refractivity contribution in [1.29, 1.82) is 0 Å². The zero-order chi connectivity index (χ0) is 13.8. The number of ether oxygens (including phenoxy) is 1. The van der Waals surface area contributed by atoms with Gasteiger partial charge in [-0.05, 0) is 30.7 Å². The van der Waals surface area contributed by atoms with Crippen molar-refractivity contribution < 1.29 is 4.74 Å². The smallest absolute Gasteiger partial charge is 0.158 e. The Morgan fingerprint density at radius 2 is 2.30 bits per heavy atom. The molecule has 4 nitrogen and oxygen atoms in total. The van der Waals surface area contributed by atoms with Crippen LogP contribution in [0.1, 0.15) is 38.4 Å². The van der Waals surface area contributed by atoms with Crippen LogP contribution in [0.5, 0.6) is 0 Å². The van der Waals surface area contributed by atoms with Gasteiger partial charge >= 0.3 is 0 Å². The first-order valence-corrected chi connectivity index (χ1v) is 8.30. The van der Waals surface area contributed by atoms with Gasteiger partial charge in [0.15, 0.2) is 5.82 Å². The summed E-state index contributed by atoms with van der Waals surface area (Å²) in [6.45, 7) is 4.28. The van der Waals surface area contributed by atoms with Gasteiger partial charge in [0.1, 0.15) is 17.3 Å². The molecule has 2 heterocycles. The van der Waals surface area contributed by atoms with Crippen LogP contribution < -0.4 is 5.32 Å². The van der Waals surface area contributed by atoms with E-state index in [2.05, 4.69) is 33.7 Å². The van der Waals surface area contributed by atoms with Crippen LogP contribution in [0.15, 0.2) is 11.4 Å². The topological polar surface area (TPSA) is 47.0 Å². The molecule has 2 aromatic heterocycles. The average molecular weight is 291 g/mol. The Bertz CT molecular complexity index is 565. The molecule has 3 rings (SSSR count). The molecule has 108 valence electrons. The van der Waals surface area contributed by atoms with Crippen LogP contribution in [0.2, 0.25) is 0 Å². The maximum absolute atomic E-state index is 5.74.